The summed E-state index contributed by atoms with van der Waals surface area (Å²) in [5.74, 6) is 0.897. The van der Waals surface area contributed by atoms with Gasteiger partial charge >= 0.3 is 0 Å². The zero-order valence-electron chi connectivity index (χ0n) is 11.3. The Morgan fingerprint density at radius 2 is 1.75 bits per heavy atom. The van der Waals surface area contributed by atoms with E-state index < -0.39 is 0 Å². The minimum absolute atomic E-state index is 0.133. The molecule has 3 heteroatoms. The molecule has 0 unspecified atom stereocenters. The van der Waals surface area contributed by atoms with E-state index in [9.17, 15) is 4.79 Å². The lowest BCUT2D eigenvalue weighted by Crippen LogP contribution is -2.23. The van der Waals surface area contributed by atoms with Gasteiger partial charge in [-0.2, -0.15) is 0 Å². The number of carbonyl (C=O) groups is 1. The number of amides is 1. The highest BCUT2D eigenvalue weighted by Crippen LogP contribution is 2.67. The first-order chi connectivity index (χ1) is 7.34. The van der Waals surface area contributed by atoms with Crippen LogP contribution >= 0.6 is 0 Å². The fraction of sp³-hybridized carbons (Fsp3) is 0.923. The topological polar surface area (TPSA) is 41.1 Å². The van der Waals surface area contributed by atoms with Gasteiger partial charge in [-0.05, 0) is 36.3 Å². The predicted octanol–water partition coefficient (Wildman–Crippen LogP) is 1.78. The molecule has 0 aromatic heterocycles. The maximum Gasteiger partial charge on any atom is 0.219 e. The Labute approximate surface area is 99.4 Å². The second-order valence-corrected chi connectivity index (χ2v) is 5.98. The van der Waals surface area contributed by atoms with Gasteiger partial charge in [0.05, 0.1) is 0 Å². The lowest BCUT2D eigenvalue weighted by atomic mass is 10.0. The van der Waals surface area contributed by atoms with Gasteiger partial charge in [-0.1, -0.05) is 27.7 Å². The molecule has 0 aliphatic heterocycles. The molecule has 0 aromatic carbocycles. The summed E-state index contributed by atoms with van der Waals surface area (Å²) in [5.41, 5.74) is 0.918. The molecule has 0 heterocycles. The van der Waals surface area contributed by atoms with E-state index in [2.05, 4.69) is 38.3 Å². The third kappa shape index (κ3) is 2.57. The molecule has 0 bridgehead atoms. The first-order valence-corrected chi connectivity index (χ1v) is 6.25. The first kappa shape index (κ1) is 13.5. The minimum atomic E-state index is 0.133. The average molecular weight is 226 g/mol. The monoisotopic (exact) mass is 226 g/mol. The molecule has 16 heavy (non-hydrogen) atoms. The van der Waals surface area contributed by atoms with Gasteiger partial charge in [0.15, 0.2) is 0 Å². The zero-order chi connectivity index (χ0) is 12.4. The Morgan fingerprint density at radius 1 is 1.19 bits per heavy atom. The molecule has 0 aromatic rings. The van der Waals surface area contributed by atoms with Crippen LogP contribution in [-0.2, 0) is 4.79 Å². The molecule has 1 rings (SSSR count). The second-order valence-electron chi connectivity index (χ2n) is 5.98. The van der Waals surface area contributed by atoms with Crippen LogP contribution in [0.5, 0.6) is 0 Å². The van der Waals surface area contributed by atoms with E-state index in [1.165, 1.54) is 0 Å². The van der Waals surface area contributed by atoms with Crippen molar-refractivity contribution in [3.63, 3.8) is 0 Å². The summed E-state index contributed by atoms with van der Waals surface area (Å²) in [5, 5.41) is 6.09. The van der Waals surface area contributed by atoms with Gasteiger partial charge in [0.25, 0.3) is 0 Å². The van der Waals surface area contributed by atoms with Crippen LogP contribution in [0, 0.1) is 16.7 Å². The lowest BCUT2D eigenvalue weighted by molar-refractivity contribution is -0.120. The van der Waals surface area contributed by atoms with Crippen molar-refractivity contribution in [2.45, 2.75) is 40.5 Å². The number of nitrogens with one attached hydrogen (secondary N) is 2. The Hall–Kier alpha value is -0.570. The standard InChI is InChI=1S/C13H26N2O/c1-12(2)10(13(12,3)4)9-15-8-6-7-11(16)14-5/h10,15H,6-9H2,1-5H3,(H,14,16). The highest BCUT2D eigenvalue weighted by Gasteiger charge is 2.63. The highest BCUT2D eigenvalue weighted by molar-refractivity contribution is 5.75. The van der Waals surface area contributed by atoms with Crippen molar-refractivity contribution in [3.05, 3.63) is 0 Å². The number of carbonyl (C=O) groups excluding carboxylic acids is 1. The van der Waals surface area contributed by atoms with E-state index in [-0.39, 0.29) is 5.91 Å². The van der Waals surface area contributed by atoms with Crippen LogP contribution in [0.1, 0.15) is 40.5 Å². The van der Waals surface area contributed by atoms with E-state index in [0.717, 1.165) is 25.4 Å². The van der Waals surface area contributed by atoms with Crippen LogP contribution in [0.3, 0.4) is 0 Å². The molecule has 0 atom stereocenters. The Kier molecular flexibility index (Phi) is 4.00. The summed E-state index contributed by atoms with van der Waals surface area (Å²) in [6.45, 7) is 11.4. The van der Waals surface area contributed by atoms with E-state index in [1.54, 1.807) is 7.05 Å². The number of hydrogen-bond donors (Lipinski definition) is 2. The highest BCUT2D eigenvalue weighted by atomic mass is 16.1. The molecule has 3 nitrogen and oxygen atoms in total. The minimum Gasteiger partial charge on any atom is -0.359 e. The third-order valence-electron chi connectivity index (χ3n) is 4.70. The van der Waals surface area contributed by atoms with Gasteiger partial charge in [0.1, 0.15) is 0 Å². The molecule has 2 N–H and O–H groups in total. The lowest BCUT2D eigenvalue weighted by Gasteiger charge is -2.05. The van der Waals surface area contributed by atoms with E-state index in [1.807, 2.05) is 0 Å². The smallest absolute Gasteiger partial charge is 0.219 e. The van der Waals surface area contributed by atoms with Crippen LogP contribution in [-0.4, -0.2) is 26.0 Å². The van der Waals surface area contributed by atoms with E-state index in [0.29, 0.717) is 17.3 Å². The average Bonchev–Trinajstić information content (AvgIpc) is 2.59. The maximum absolute atomic E-state index is 11.0. The van der Waals surface area contributed by atoms with E-state index >= 15 is 0 Å². The molecule has 1 fully saturated rings. The predicted molar refractivity (Wildman–Crippen MR) is 67.2 cm³/mol. The van der Waals surface area contributed by atoms with Gasteiger partial charge in [-0.3, -0.25) is 4.79 Å². The summed E-state index contributed by atoms with van der Waals surface area (Å²) in [7, 11) is 1.69. The summed E-state index contributed by atoms with van der Waals surface area (Å²) < 4.78 is 0. The Balaban J connectivity index is 2.08. The molecule has 94 valence electrons. The Morgan fingerprint density at radius 3 is 2.19 bits per heavy atom. The van der Waals surface area contributed by atoms with Crippen molar-refractivity contribution in [2.75, 3.05) is 20.1 Å². The van der Waals surface area contributed by atoms with E-state index in [4.69, 9.17) is 0 Å². The van der Waals surface area contributed by atoms with Crippen LogP contribution < -0.4 is 10.6 Å². The van der Waals surface area contributed by atoms with Crippen molar-refractivity contribution in [1.29, 1.82) is 0 Å². The van der Waals surface area contributed by atoms with Crippen molar-refractivity contribution >= 4 is 5.91 Å². The molecular formula is C13H26N2O. The van der Waals surface area contributed by atoms with Crippen molar-refractivity contribution < 1.29 is 4.79 Å². The fourth-order valence-electron chi connectivity index (χ4n) is 2.59. The Bertz CT molecular complexity index is 245. The molecule has 1 aliphatic rings. The van der Waals surface area contributed by atoms with Crippen LogP contribution in [0.25, 0.3) is 0 Å². The molecule has 1 amide bonds. The molecule has 0 spiro atoms. The van der Waals surface area contributed by atoms with Gasteiger partial charge < -0.3 is 10.6 Å². The maximum atomic E-state index is 11.0. The quantitative estimate of drug-likeness (QED) is 0.678. The second kappa shape index (κ2) is 4.74. The third-order valence-corrected chi connectivity index (χ3v) is 4.70. The van der Waals surface area contributed by atoms with Crippen molar-refractivity contribution in [2.24, 2.45) is 16.7 Å². The SMILES string of the molecule is CNC(=O)CCCNCC1C(C)(C)C1(C)C. The van der Waals surface area contributed by atoms with Crippen molar-refractivity contribution in [1.82, 2.24) is 10.6 Å². The summed E-state index contributed by atoms with van der Waals surface area (Å²) in [6.07, 6.45) is 1.55. The summed E-state index contributed by atoms with van der Waals surface area (Å²) >= 11 is 0. The largest absolute Gasteiger partial charge is 0.359 e. The van der Waals surface area contributed by atoms with Crippen molar-refractivity contribution in [3.8, 4) is 0 Å². The van der Waals surface area contributed by atoms with Gasteiger partial charge in [0.2, 0.25) is 5.91 Å². The fourth-order valence-corrected chi connectivity index (χ4v) is 2.59. The van der Waals surface area contributed by atoms with Crippen LogP contribution in [0.2, 0.25) is 0 Å². The first-order valence-electron chi connectivity index (χ1n) is 6.25. The van der Waals surface area contributed by atoms with Gasteiger partial charge in [-0.15, -0.1) is 0 Å². The zero-order valence-corrected chi connectivity index (χ0v) is 11.3. The van der Waals surface area contributed by atoms with Gasteiger partial charge in [0, 0.05) is 13.5 Å². The summed E-state index contributed by atoms with van der Waals surface area (Å²) in [4.78, 5) is 11.0. The normalized spacial score (nSPS) is 21.8. The number of hydrogen-bond acceptors (Lipinski definition) is 2. The molecule has 0 saturated heterocycles. The van der Waals surface area contributed by atoms with Gasteiger partial charge in [-0.25, -0.2) is 0 Å². The summed E-state index contributed by atoms with van der Waals surface area (Å²) in [6, 6.07) is 0. The number of rotatable bonds is 6. The molecule has 1 aliphatic carbocycles. The van der Waals surface area contributed by atoms with Crippen LogP contribution in [0.4, 0.5) is 0 Å². The molecule has 0 radical (unpaired) electrons. The molecular weight excluding hydrogens is 200 g/mol. The van der Waals surface area contributed by atoms with Crippen LogP contribution in [0.15, 0.2) is 0 Å². The molecule has 1 saturated carbocycles.